The first-order valence-corrected chi connectivity index (χ1v) is 6.32. The Morgan fingerprint density at radius 2 is 1.72 bits per heavy atom. The molecule has 1 aliphatic heterocycles. The predicted molar refractivity (Wildman–Crippen MR) is 63.7 cm³/mol. The Hall–Kier alpha value is -1.39. The van der Waals surface area contributed by atoms with E-state index in [0.717, 1.165) is 6.42 Å². The molecule has 0 radical (unpaired) electrons. The quantitative estimate of drug-likeness (QED) is 0.772. The molecule has 2 aliphatic rings. The second-order valence-corrected chi connectivity index (χ2v) is 6.33. The maximum absolute atomic E-state index is 12.0. The van der Waals surface area contributed by atoms with Gasteiger partial charge in [0.1, 0.15) is 0 Å². The van der Waals surface area contributed by atoms with Gasteiger partial charge in [-0.15, -0.1) is 0 Å². The van der Waals surface area contributed by atoms with Gasteiger partial charge in [0.2, 0.25) is 11.8 Å². The first-order valence-electron chi connectivity index (χ1n) is 6.32. The number of rotatable bonds is 3. The van der Waals surface area contributed by atoms with Gasteiger partial charge >= 0.3 is 5.97 Å². The highest BCUT2D eigenvalue weighted by atomic mass is 16.4. The molecule has 1 saturated carbocycles. The second-order valence-electron chi connectivity index (χ2n) is 6.33. The number of hydrogen-bond acceptors (Lipinski definition) is 3. The Kier molecular flexibility index (Phi) is 2.95. The topological polar surface area (TPSA) is 74.7 Å². The van der Waals surface area contributed by atoms with Crippen molar-refractivity contribution < 1.29 is 19.5 Å². The maximum atomic E-state index is 12.0. The highest BCUT2D eigenvalue weighted by Gasteiger charge is 2.49. The van der Waals surface area contributed by atoms with E-state index < -0.39 is 11.4 Å². The summed E-state index contributed by atoms with van der Waals surface area (Å²) >= 11 is 0. The lowest BCUT2D eigenvalue weighted by molar-refractivity contribution is -0.163. The van der Waals surface area contributed by atoms with Crippen molar-refractivity contribution in [2.45, 2.75) is 46.0 Å². The molecular weight excluding hydrogens is 234 g/mol. The molecular formula is C13H19NO4. The number of hydrogen-bond donors (Lipinski definition) is 1. The zero-order valence-electron chi connectivity index (χ0n) is 10.9. The zero-order valence-corrected chi connectivity index (χ0v) is 10.9. The number of piperidine rings is 1. The number of carbonyl (C=O) groups is 3. The van der Waals surface area contributed by atoms with Gasteiger partial charge in [0.15, 0.2) is 0 Å². The smallest absolute Gasteiger partial charge is 0.311 e. The van der Waals surface area contributed by atoms with Crippen molar-refractivity contribution in [3.05, 3.63) is 0 Å². The van der Waals surface area contributed by atoms with Gasteiger partial charge in [0.25, 0.3) is 0 Å². The third-order valence-corrected chi connectivity index (χ3v) is 4.09. The van der Waals surface area contributed by atoms with Gasteiger partial charge in [0.05, 0.1) is 5.41 Å². The molecule has 1 saturated heterocycles. The van der Waals surface area contributed by atoms with Crippen LogP contribution in [0.1, 0.15) is 46.0 Å². The molecule has 0 spiro atoms. The van der Waals surface area contributed by atoms with E-state index in [1.165, 1.54) is 4.90 Å². The number of amides is 2. The molecule has 0 aromatic rings. The minimum atomic E-state index is -0.890. The number of carboxylic acid groups (broad SMARTS) is 1. The first-order chi connectivity index (χ1) is 8.26. The largest absolute Gasteiger partial charge is 0.481 e. The van der Waals surface area contributed by atoms with Gasteiger partial charge in [-0.25, -0.2) is 0 Å². The Morgan fingerprint density at radius 1 is 1.22 bits per heavy atom. The van der Waals surface area contributed by atoms with Gasteiger partial charge in [0, 0.05) is 19.4 Å². The van der Waals surface area contributed by atoms with Crippen LogP contribution in [0.3, 0.4) is 0 Å². The van der Waals surface area contributed by atoms with E-state index in [4.69, 9.17) is 0 Å². The van der Waals surface area contributed by atoms with Crippen LogP contribution in [0.25, 0.3) is 0 Å². The van der Waals surface area contributed by atoms with Crippen molar-refractivity contribution in [3.63, 3.8) is 0 Å². The van der Waals surface area contributed by atoms with Gasteiger partial charge in [-0.1, -0.05) is 20.3 Å². The number of carboxylic acids is 1. The van der Waals surface area contributed by atoms with Crippen LogP contribution in [-0.4, -0.2) is 34.3 Å². The number of nitrogens with zero attached hydrogens (tertiary/aromatic N) is 1. The number of imide groups is 1. The fourth-order valence-electron chi connectivity index (χ4n) is 2.73. The van der Waals surface area contributed by atoms with Gasteiger partial charge < -0.3 is 5.11 Å². The van der Waals surface area contributed by atoms with Crippen molar-refractivity contribution in [2.24, 2.45) is 10.8 Å². The lowest BCUT2D eigenvalue weighted by Crippen LogP contribution is -2.54. The van der Waals surface area contributed by atoms with E-state index in [1.807, 2.05) is 13.8 Å². The van der Waals surface area contributed by atoms with E-state index in [9.17, 15) is 19.5 Å². The molecule has 2 fully saturated rings. The standard InChI is InChI=1S/C13H19NO4/c1-12(2)6-9(15)14(10(16)7-12)8-13(11(17)18)4-3-5-13/h3-8H2,1-2H3,(H,17,18). The Bertz CT molecular complexity index is 389. The summed E-state index contributed by atoms with van der Waals surface area (Å²) in [6.07, 6.45) is 2.60. The molecule has 5 nitrogen and oxygen atoms in total. The highest BCUT2D eigenvalue weighted by Crippen LogP contribution is 2.43. The Morgan fingerprint density at radius 3 is 2.06 bits per heavy atom. The fourth-order valence-corrected chi connectivity index (χ4v) is 2.73. The summed E-state index contributed by atoms with van der Waals surface area (Å²) in [5, 5.41) is 9.24. The van der Waals surface area contributed by atoms with E-state index in [1.54, 1.807) is 0 Å². The van der Waals surface area contributed by atoms with E-state index in [-0.39, 0.29) is 23.8 Å². The molecule has 5 heteroatoms. The van der Waals surface area contributed by atoms with Gasteiger partial charge in [-0.05, 0) is 18.3 Å². The number of aliphatic carboxylic acids is 1. The predicted octanol–water partition coefficient (Wildman–Crippen LogP) is 1.42. The molecule has 0 aromatic carbocycles. The SMILES string of the molecule is CC1(C)CC(=O)N(CC2(C(=O)O)CCC2)C(=O)C1. The van der Waals surface area contributed by atoms with Crippen LogP contribution in [0.5, 0.6) is 0 Å². The Balaban J connectivity index is 2.12. The molecule has 0 aromatic heterocycles. The molecule has 0 unspecified atom stereocenters. The molecule has 100 valence electrons. The molecule has 0 bridgehead atoms. The van der Waals surface area contributed by atoms with Crippen molar-refractivity contribution >= 4 is 17.8 Å². The third-order valence-electron chi connectivity index (χ3n) is 4.09. The van der Waals surface area contributed by atoms with Crippen LogP contribution in [0.2, 0.25) is 0 Å². The first kappa shape index (κ1) is 13.1. The monoisotopic (exact) mass is 253 g/mol. The minimum Gasteiger partial charge on any atom is -0.481 e. The van der Waals surface area contributed by atoms with Crippen molar-refractivity contribution in [2.75, 3.05) is 6.54 Å². The average molecular weight is 253 g/mol. The molecule has 2 amide bonds. The molecule has 2 rings (SSSR count). The summed E-state index contributed by atoms with van der Waals surface area (Å²) in [5.74, 6) is -1.35. The molecule has 1 heterocycles. The highest BCUT2D eigenvalue weighted by molar-refractivity contribution is 5.99. The molecule has 1 aliphatic carbocycles. The van der Waals surface area contributed by atoms with Gasteiger partial charge in [-0.3, -0.25) is 19.3 Å². The zero-order chi connectivity index (χ0) is 13.6. The third kappa shape index (κ3) is 2.13. The van der Waals surface area contributed by atoms with E-state index >= 15 is 0 Å². The number of carbonyl (C=O) groups excluding carboxylic acids is 2. The maximum Gasteiger partial charge on any atom is 0.311 e. The lowest BCUT2D eigenvalue weighted by atomic mass is 9.68. The summed E-state index contributed by atoms with van der Waals surface area (Å²) in [6.45, 7) is 3.82. The molecule has 1 N–H and O–H groups in total. The summed E-state index contributed by atoms with van der Waals surface area (Å²) in [5.41, 5.74) is -1.19. The van der Waals surface area contributed by atoms with Crippen LogP contribution in [0, 0.1) is 10.8 Å². The summed E-state index contributed by atoms with van der Waals surface area (Å²) < 4.78 is 0. The van der Waals surface area contributed by atoms with Crippen LogP contribution in [-0.2, 0) is 14.4 Å². The van der Waals surface area contributed by atoms with Crippen molar-refractivity contribution in [3.8, 4) is 0 Å². The minimum absolute atomic E-state index is 0.0517. The second kappa shape index (κ2) is 4.07. The average Bonchev–Trinajstić information content (AvgIpc) is 2.11. The lowest BCUT2D eigenvalue weighted by Gasteiger charge is -2.43. The van der Waals surface area contributed by atoms with Gasteiger partial charge in [-0.2, -0.15) is 0 Å². The van der Waals surface area contributed by atoms with Crippen molar-refractivity contribution in [1.29, 1.82) is 0 Å². The summed E-state index contributed by atoms with van der Waals surface area (Å²) in [4.78, 5) is 36.4. The van der Waals surface area contributed by atoms with Crippen LogP contribution < -0.4 is 0 Å². The number of likely N-dealkylation sites (tertiary alicyclic amines) is 1. The van der Waals surface area contributed by atoms with Crippen molar-refractivity contribution in [1.82, 2.24) is 4.90 Å². The van der Waals surface area contributed by atoms with Crippen LogP contribution >= 0.6 is 0 Å². The molecule has 18 heavy (non-hydrogen) atoms. The fraction of sp³-hybridized carbons (Fsp3) is 0.769. The summed E-state index contributed by atoms with van der Waals surface area (Å²) in [6, 6.07) is 0. The van der Waals surface area contributed by atoms with E-state index in [2.05, 4.69) is 0 Å². The molecule has 0 atom stereocenters. The normalized spacial score (nSPS) is 25.8. The van der Waals surface area contributed by atoms with Crippen LogP contribution in [0.4, 0.5) is 0 Å². The van der Waals surface area contributed by atoms with E-state index in [0.29, 0.717) is 25.7 Å². The Labute approximate surface area is 106 Å². The summed E-state index contributed by atoms with van der Waals surface area (Å²) in [7, 11) is 0. The van der Waals surface area contributed by atoms with Crippen LogP contribution in [0.15, 0.2) is 0 Å².